The van der Waals surface area contributed by atoms with Crippen LogP contribution in [0.2, 0.25) is 0 Å². The van der Waals surface area contributed by atoms with Crippen LogP contribution in [0.4, 0.5) is 11.4 Å². The molecule has 0 saturated carbocycles. The van der Waals surface area contributed by atoms with Gasteiger partial charge < -0.3 is 5.32 Å². The van der Waals surface area contributed by atoms with E-state index in [4.69, 9.17) is 0 Å². The van der Waals surface area contributed by atoms with E-state index in [0.29, 0.717) is 22.3 Å². The van der Waals surface area contributed by atoms with Crippen LogP contribution in [0.5, 0.6) is 0 Å². The first kappa shape index (κ1) is 18.5. The van der Waals surface area contributed by atoms with Crippen LogP contribution in [0, 0.1) is 13.8 Å². The van der Waals surface area contributed by atoms with Gasteiger partial charge in [-0.3, -0.25) is 9.52 Å². The van der Waals surface area contributed by atoms with Gasteiger partial charge in [-0.2, -0.15) is 0 Å². The van der Waals surface area contributed by atoms with Crippen LogP contribution in [0.15, 0.2) is 45.8 Å². The Kier molecular flexibility index (Phi) is 5.66. The Morgan fingerprint density at radius 1 is 1.12 bits per heavy atom. The number of benzene rings is 2. The molecule has 7 heteroatoms. The minimum Gasteiger partial charge on any atom is -0.326 e. The van der Waals surface area contributed by atoms with E-state index in [-0.39, 0.29) is 10.8 Å². The summed E-state index contributed by atoms with van der Waals surface area (Å²) in [6.07, 6.45) is 0.352. The summed E-state index contributed by atoms with van der Waals surface area (Å²) < 4.78 is 28.4. The van der Waals surface area contributed by atoms with E-state index in [1.54, 1.807) is 50.2 Å². The lowest BCUT2D eigenvalue weighted by atomic mass is 10.2. The maximum absolute atomic E-state index is 12.6. The Bertz CT molecular complexity index is 879. The van der Waals surface area contributed by atoms with Crippen molar-refractivity contribution in [2.75, 3.05) is 10.0 Å². The fourth-order valence-corrected chi connectivity index (χ4v) is 4.40. The van der Waals surface area contributed by atoms with Crippen molar-refractivity contribution in [1.29, 1.82) is 0 Å². The van der Waals surface area contributed by atoms with E-state index in [1.807, 2.05) is 6.92 Å². The third-order valence-corrected chi connectivity index (χ3v) is 5.81. The van der Waals surface area contributed by atoms with Crippen molar-refractivity contribution < 1.29 is 13.2 Å². The highest BCUT2D eigenvalue weighted by Gasteiger charge is 2.19. The number of carbonyl (C=O) groups excluding carboxylic acids is 1. The molecule has 0 radical (unpaired) electrons. The summed E-state index contributed by atoms with van der Waals surface area (Å²) in [5.74, 6) is -0.131. The van der Waals surface area contributed by atoms with Gasteiger partial charge >= 0.3 is 0 Å². The smallest absolute Gasteiger partial charge is 0.263 e. The highest BCUT2D eigenvalue weighted by molar-refractivity contribution is 9.10. The van der Waals surface area contributed by atoms with Crippen molar-refractivity contribution in [1.82, 2.24) is 0 Å². The number of carbonyl (C=O) groups is 1. The van der Waals surface area contributed by atoms with E-state index in [0.717, 1.165) is 11.1 Å². The van der Waals surface area contributed by atoms with Gasteiger partial charge in [0.25, 0.3) is 10.0 Å². The van der Waals surface area contributed by atoms with Crippen LogP contribution < -0.4 is 10.0 Å². The molecule has 0 aliphatic rings. The molecular weight excluding hydrogens is 392 g/mol. The van der Waals surface area contributed by atoms with E-state index < -0.39 is 10.0 Å². The molecular formula is C17H19BrN2O3S. The summed E-state index contributed by atoms with van der Waals surface area (Å²) in [6.45, 7) is 5.44. The highest BCUT2D eigenvalue weighted by atomic mass is 79.9. The molecule has 0 fully saturated rings. The predicted molar refractivity (Wildman–Crippen MR) is 99.8 cm³/mol. The molecule has 2 aromatic carbocycles. The van der Waals surface area contributed by atoms with E-state index in [9.17, 15) is 13.2 Å². The van der Waals surface area contributed by atoms with E-state index in [1.165, 1.54) is 0 Å². The molecule has 0 atom stereocenters. The maximum Gasteiger partial charge on any atom is 0.263 e. The molecule has 24 heavy (non-hydrogen) atoms. The molecule has 0 spiro atoms. The summed E-state index contributed by atoms with van der Waals surface area (Å²) in [5.41, 5.74) is 2.70. The first-order valence-electron chi connectivity index (χ1n) is 7.42. The molecule has 0 aliphatic heterocycles. The van der Waals surface area contributed by atoms with E-state index >= 15 is 0 Å². The van der Waals surface area contributed by atoms with Gasteiger partial charge in [0.15, 0.2) is 0 Å². The van der Waals surface area contributed by atoms with Crippen LogP contribution in [-0.4, -0.2) is 14.3 Å². The topological polar surface area (TPSA) is 75.3 Å². The minimum absolute atomic E-state index is 0.131. The quantitative estimate of drug-likeness (QED) is 0.774. The van der Waals surface area contributed by atoms with Crippen molar-refractivity contribution in [3.05, 3.63) is 52.0 Å². The number of amides is 1. The monoisotopic (exact) mass is 410 g/mol. The van der Waals surface area contributed by atoms with Crippen molar-refractivity contribution >= 4 is 43.2 Å². The number of hydrogen-bond donors (Lipinski definition) is 2. The molecule has 0 unspecified atom stereocenters. The Labute approximate surface area is 150 Å². The predicted octanol–water partition coefficient (Wildman–Crippen LogP) is 4.22. The third-order valence-electron chi connectivity index (χ3n) is 3.46. The van der Waals surface area contributed by atoms with Crippen LogP contribution in [-0.2, 0) is 14.8 Å². The number of anilines is 2. The van der Waals surface area contributed by atoms with Crippen molar-refractivity contribution in [2.45, 2.75) is 32.1 Å². The molecule has 5 nitrogen and oxygen atoms in total. The number of rotatable bonds is 5. The average molecular weight is 411 g/mol. The largest absolute Gasteiger partial charge is 0.326 e. The molecule has 2 N–H and O–H groups in total. The zero-order valence-electron chi connectivity index (χ0n) is 13.7. The van der Waals surface area contributed by atoms with Gasteiger partial charge in [0, 0.05) is 16.6 Å². The highest BCUT2D eigenvalue weighted by Crippen LogP contribution is 2.27. The summed E-state index contributed by atoms with van der Waals surface area (Å²) in [4.78, 5) is 11.7. The van der Waals surface area contributed by atoms with Gasteiger partial charge in [-0.15, -0.1) is 0 Å². The average Bonchev–Trinajstić information content (AvgIpc) is 2.49. The van der Waals surface area contributed by atoms with Crippen molar-refractivity contribution in [3.8, 4) is 0 Å². The first-order valence-corrected chi connectivity index (χ1v) is 9.70. The SMILES string of the molecule is CCC(=O)Nc1ccc(C)c(NS(=O)(=O)c2ccc(C)cc2Br)c1. The molecule has 1 amide bonds. The van der Waals surface area contributed by atoms with Crippen LogP contribution in [0.1, 0.15) is 24.5 Å². The number of sulfonamides is 1. The van der Waals surface area contributed by atoms with Gasteiger partial charge in [0.1, 0.15) is 4.90 Å². The Balaban J connectivity index is 2.35. The Hall–Kier alpha value is -1.86. The van der Waals surface area contributed by atoms with Crippen molar-refractivity contribution in [2.24, 2.45) is 0 Å². The van der Waals surface area contributed by atoms with Gasteiger partial charge in [-0.05, 0) is 65.2 Å². The summed E-state index contributed by atoms with van der Waals surface area (Å²) in [7, 11) is -3.74. The van der Waals surface area contributed by atoms with Gasteiger partial charge in [-0.25, -0.2) is 8.42 Å². The lowest BCUT2D eigenvalue weighted by Crippen LogP contribution is -2.15. The zero-order chi connectivity index (χ0) is 17.9. The van der Waals surface area contributed by atoms with Crippen LogP contribution in [0.3, 0.4) is 0 Å². The van der Waals surface area contributed by atoms with Crippen molar-refractivity contribution in [3.63, 3.8) is 0 Å². The molecule has 0 saturated heterocycles. The second-order valence-corrected chi connectivity index (χ2v) is 7.98. The molecule has 0 aliphatic carbocycles. The number of aryl methyl sites for hydroxylation is 2. The van der Waals surface area contributed by atoms with Gasteiger partial charge in [-0.1, -0.05) is 19.1 Å². The maximum atomic E-state index is 12.6. The Morgan fingerprint density at radius 3 is 2.46 bits per heavy atom. The van der Waals surface area contributed by atoms with Crippen LogP contribution >= 0.6 is 15.9 Å². The fraction of sp³-hybridized carbons (Fsp3) is 0.235. The standard InChI is InChI=1S/C17H19BrN2O3S/c1-4-17(21)19-13-7-6-12(3)15(10-13)20-24(22,23)16-8-5-11(2)9-14(16)18/h5-10,20H,4H2,1-3H3,(H,19,21). The third kappa shape index (κ3) is 4.36. The fourth-order valence-electron chi connectivity index (χ4n) is 2.08. The molecule has 2 aromatic rings. The second kappa shape index (κ2) is 7.36. The molecule has 2 rings (SSSR count). The number of hydrogen-bond acceptors (Lipinski definition) is 3. The summed E-state index contributed by atoms with van der Waals surface area (Å²) in [6, 6.07) is 10.2. The minimum atomic E-state index is -3.74. The summed E-state index contributed by atoms with van der Waals surface area (Å²) >= 11 is 3.30. The van der Waals surface area contributed by atoms with Gasteiger partial charge in [0.05, 0.1) is 5.69 Å². The molecule has 0 bridgehead atoms. The molecule has 128 valence electrons. The normalized spacial score (nSPS) is 11.2. The molecule has 0 heterocycles. The zero-order valence-corrected chi connectivity index (χ0v) is 16.1. The van der Waals surface area contributed by atoms with Gasteiger partial charge in [0.2, 0.25) is 5.91 Å². The molecule has 0 aromatic heterocycles. The summed E-state index contributed by atoms with van der Waals surface area (Å²) in [5, 5.41) is 2.72. The lowest BCUT2D eigenvalue weighted by Gasteiger charge is -2.14. The lowest BCUT2D eigenvalue weighted by molar-refractivity contribution is -0.115. The second-order valence-electron chi connectivity index (χ2n) is 5.47. The number of nitrogens with one attached hydrogen (secondary N) is 2. The first-order chi connectivity index (χ1) is 11.2. The van der Waals surface area contributed by atoms with E-state index in [2.05, 4.69) is 26.0 Å². The number of halogens is 1. The van der Waals surface area contributed by atoms with Crippen LogP contribution in [0.25, 0.3) is 0 Å². The Morgan fingerprint density at radius 2 is 1.83 bits per heavy atom.